The van der Waals surface area contributed by atoms with Crippen molar-refractivity contribution < 1.29 is 21.0 Å². The second-order valence-corrected chi connectivity index (χ2v) is 11.0. The number of fused-ring (bicyclic) bond motifs is 1. The SMILES string of the molecule is CCc1cn2ccccc2c1S(=O)(=O)c1ccc(OS(=O)(=O)c2ccc(C)cc2)c(C)c1. The summed E-state index contributed by atoms with van der Waals surface area (Å²) in [7, 11) is -7.87. The summed E-state index contributed by atoms with van der Waals surface area (Å²) in [5, 5.41) is 0. The molecule has 0 saturated carbocycles. The standard InChI is InChI=1S/C24H23NO5S2/c1-4-19-16-25-14-6-5-7-22(25)24(19)31(26,27)21-12-13-23(18(3)15-21)30-32(28,29)20-10-8-17(2)9-11-20/h5-16H,4H2,1-3H3. The highest BCUT2D eigenvalue weighted by atomic mass is 32.2. The zero-order valence-electron chi connectivity index (χ0n) is 17.9. The molecular weight excluding hydrogens is 446 g/mol. The topological polar surface area (TPSA) is 81.9 Å². The zero-order valence-corrected chi connectivity index (χ0v) is 19.6. The van der Waals surface area contributed by atoms with E-state index in [4.69, 9.17) is 4.18 Å². The molecule has 0 aliphatic rings. The van der Waals surface area contributed by atoms with Gasteiger partial charge in [-0.15, -0.1) is 0 Å². The first-order valence-electron chi connectivity index (χ1n) is 10.1. The summed E-state index contributed by atoms with van der Waals surface area (Å²) in [5.41, 5.74) is 2.66. The Morgan fingerprint density at radius 3 is 2.22 bits per heavy atom. The van der Waals surface area contributed by atoms with Crippen molar-refractivity contribution in [3.05, 3.63) is 89.7 Å². The zero-order chi connectivity index (χ0) is 23.1. The number of benzene rings is 2. The van der Waals surface area contributed by atoms with Crippen LogP contribution in [0.1, 0.15) is 23.6 Å². The Morgan fingerprint density at radius 2 is 1.56 bits per heavy atom. The van der Waals surface area contributed by atoms with Crippen molar-refractivity contribution in [2.75, 3.05) is 0 Å². The molecule has 166 valence electrons. The van der Waals surface area contributed by atoms with Crippen LogP contribution in [0.3, 0.4) is 0 Å². The van der Waals surface area contributed by atoms with E-state index in [1.54, 1.807) is 35.6 Å². The Kier molecular flexibility index (Phi) is 5.60. The van der Waals surface area contributed by atoms with E-state index >= 15 is 0 Å². The summed E-state index contributed by atoms with van der Waals surface area (Å²) in [6.45, 7) is 5.39. The molecule has 0 aliphatic heterocycles. The summed E-state index contributed by atoms with van der Waals surface area (Å²) in [6.07, 6.45) is 4.19. The minimum Gasteiger partial charge on any atom is -0.379 e. The first-order chi connectivity index (χ1) is 15.1. The third-order valence-electron chi connectivity index (χ3n) is 5.32. The lowest BCUT2D eigenvalue weighted by Gasteiger charge is -2.12. The third kappa shape index (κ3) is 3.91. The maximum atomic E-state index is 13.5. The molecule has 0 fully saturated rings. The Morgan fingerprint density at radius 1 is 0.875 bits per heavy atom. The summed E-state index contributed by atoms with van der Waals surface area (Å²) in [5.74, 6) is 0.0852. The molecule has 32 heavy (non-hydrogen) atoms. The van der Waals surface area contributed by atoms with Crippen LogP contribution in [0.15, 0.2) is 87.7 Å². The van der Waals surface area contributed by atoms with Gasteiger partial charge in [0.2, 0.25) is 9.84 Å². The average molecular weight is 470 g/mol. The van der Waals surface area contributed by atoms with Gasteiger partial charge in [-0.05, 0) is 73.9 Å². The second-order valence-electron chi connectivity index (χ2n) is 7.61. The predicted octanol–water partition coefficient (Wildman–Crippen LogP) is 4.72. The van der Waals surface area contributed by atoms with E-state index in [0.29, 0.717) is 17.5 Å². The largest absolute Gasteiger partial charge is 0.379 e. The highest BCUT2D eigenvalue weighted by Crippen LogP contribution is 2.33. The van der Waals surface area contributed by atoms with Gasteiger partial charge in [-0.25, -0.2) is 8.42 Å². The van der Waals surface area contributed by atoms with Gasteiger partial charge in [-0.3, -0.25) is 0 Å². The van der Waals surface area contributed by atoms with Gasteiger partial charge in [0.1, 0.15) is 15.5 Å². The average Bonchev–Trinajstić information content (AvgIpc) is 3.15. The number of aryl methyl sites for hydroxylation is 3. The number of aromatic nitrogens is 1. The van der Waals surface area contributed by atoms with Crippen LogP contribution < -0.4 is 4.18 Å². The first kappa shape index (κ1) is 22.1. The molecule has 0 atom stereocenters. The van der Waals surface area contributed by atoms with Gasteiger partial charge < -0.3 is 8.58 Å². The van der Waals surface area contributed by atoms with Crippen LogP contribution in [0.5, 0.6) is 5.75 Å². The minimum atomic E-state index is -4.04. The van der Waals surface area contributed by atoms with Crippen LogP contribution in [0.2, 0.25) is 0 Å². The minimum absolute atomic E-state index is 0.0343. The van der Waals surface area contributed by atoms with Crippen molar-refractivity contribution in [1.29, 1.82) is 0 Å². The molecule has 4 rings (SSSR count). The molecule has 0 aliphatic carbocycles. The predicted molar refractivity (Wildman–Crippen MR) is 122 cm³/mol. The normalized spacial score (nSPS) is 12.2. The van der Waals surface area contributed by atoms with Crippen molar-refractivity contribution in [3.8, 4) is 5.75 Å². The molecular formula is C24H23NO5S2. The summed E-state index contributed by atoms with van der Waals surface area (Å²) >= 11 is 0. The second kappa shape index (κ2) is 8.11. The Bertz CT molecular complexity index is 1520. The quantitative estimate of drug-likeness (QED) is 0.382. The number of sulfone groups is 1. The van der Waals surface area contributed by atoms with E-state index in [0.717, 1.165) is 11.1 Å². The van der Waals surface area contributed by atoms with Crippen LogP contribution in [-0.2, 0) is 26.4 Å². The van der Waals surface area contributed by atoms with E-state index in [1.165, 1.54) is 30.3 Å². The number of rotatable bonds is 6. The number of nitrogens with zero attached hydrogens (tertiary/aromatic N) is 1. The van der Waals surface area contributed by atoms with E-state index in [-0.39, 0.29) is 20.4 Å². The van der Waals surface area contributed by atoms with Crippen molar-refractivity contribution in [3.63, 3.8) is 0 Å². The van der Waals surface area contributed by atoms with Gasteiger partial charge in [0.05, 0.1) is 10.4 Å². The molecule has 4 aromatic rings. The fourth-order valence-corrected chi connectivity index (χ4v) is 6.38. The fourth-order valence-electron chi connectivity index (χ4n) is 3.59. The molecule has 8 heteroatoms. The first-order valence-corrected chi connectivity index (χ1v) is 13.0. The smallest absolute Gasteiger partial charge is 0.339 e. The van der Waals surface area contributed by atoms with Crippen LogP contribution in [0, 0.1) is 13.8 Å². The van der Waals surface area contributed by atoms with Gasteiger partial charge >= 0.3 is 10.1 Å². The lowest BCUT2D eigenvalue weighted by Crippen LogP contribution is -2.11. The number of hydrogen-bond acceptors (Lipinski definition) is 5. The highest BCUT2D eigenvalue weighted by Gasteiger charge is 2.26. The molecule has 2 aromatic heterocycles. The van der Waals surface area contributed by atoms with Crippen molar-refractivity contribution in [2.45, 2.75) is 41.9 Å². The molecule has 2 heterocycles. The van der Waals surface area contributed by atoms with Gasteiger partial charge in [-0.2, -0.15) is 8.42 Å². The highest BCUT2D eigenvalue weighted by molar-refractivity contribution is 7.91. The molecule has 0 saturated heterocycles. The molecule has 0 unspecified atom stereocenters. The van der Waals surface area contributed by atoms with Crippen molar-refractivity contribution >= 4 is 25.5 Å². The van der Waals surface area contributed by atoms with Gasteiger partial charge in [0, 0.05) is 12.4 Å². The fraction of sp³-hybridized carbons (Fsp3) is 0.167. The van der Waals surface area contributed by atoms with Crippen LogP contribution in [-0.4, -0.2) is 21.2 Å². The summed E-state index contributed by atoms with van der Waals surface area (Å²) in [4.78, 5) is 0.384. The van der Waals surface area contributed by atoms with Gasteiger partial charge in [0.15, 0.2) is 0 Å². The third-order valence-corrected chi connectivity index (χ3v) is 8.46. The van der Waals surface area contributed by atoms with Gasteiger partial charge in [-0.1, -0.05) is 30.7 Å². The maximum absolute atomic E-state index is 13.5. The summed E-state index contributed by atoms with van der Waals surface area (Å²) < 4.78 is 59.4. The molecule has 0 N–H and O–H groups in total. The van der Waals surface area contributed by atoms with Crippen LogP contribution in [0.4, 0.5) is 0 Å². The van der Waals surface area contributed by atoms with Crippen LogP contribution in [0.25, 0.3) is 5.52 Å². The molecule has 0 amide bonds. The van der Waals surface area contributed by atoms with E-state index in [1.807, 2.05) is 32.3 Å². The Balaban J connectivity index is 1.73. The molecule has 0 radical (unpaired) electrons. The Labute approximate surface area is 188 Å². The number of pyridine rings is 1. The van der Waals surface area contributed by atoms with Crippen molar-refractivity contribution in [1.82, 2.24) is 4.40 Å². The molecule has 2 aromatic carbocycles. The van der Waals surface area contributed by atoms with E-state index in [9.17, 15) is 16.8 Å². The van der Waals surface area contributed by atoms with Crippen molar-refractivity contribution in [2.24, 2.45) is 0 Å². The lowest BCUT2D eigenvalue weighted by atomic mass is 10.2. The number of hydrogen-bond donors (Lipinski definition) is 0. The Hall–Kier alpha value is -3.10. The summed E-state index contributed by atoms with van der Waals surface area (Å²) in [6, 6.07) is 15.9. The maximum Gasteiger partial charge on any atom is 0.339 e. The monoisotopic (exact) mass is 469 g/mol. The molecule has 6 nitrogen and oxygen atoms in total. The van der Waals surface area contributed by atoms with Gasteiger partial charge in [0.25, 0.3) is 0 Å². The van der Waals surface area contributed by atoms with E-state index < -0.39 is 20.0 Å². The lowest BCUT2D eigenvalue weighted by molar-refractivity contribution is 0.484. The molecule has 0 bridgehead atoms. The molecule has 0 spiro atoms. The van der Waals surface area contributed by atoms with E-state index in [2.05, 4.69) is 0 Å². The van der Waals surface area contributed by atoms with Crippen LogP contribution >= 0.6 is 0 Å².